The monoisotopic (exact) mass is 295 g/mol. The van der Waals surface area contributed by atoms with Crippen LogP contribution in [-0.4, -0.2) is 30.4 Å². The molecule has 0 heterocycles. The van der Waals surface area contributed by atoms with Crippen molar-refractivity contribution in [2.45, 2.75) is 51.9 Å². The van der Waals surface area contributed by atoms with Crippen LogP contribution in [0.15, 0.2) is 18.2 Å². The van der Waals surface area contributed by atoms with Gasteiger partial charge in [0.25, 0.3) is 0 Å². The number of aliphatic carboxylic acids is 1. The van der Waals surface area contributed by atoms with Gasteiger partial charge in [0.05, 0.1) is 13.2 Å². The van der Waals surface area contributed by atoms with Gasteiger partial charge in [-0.05, 0) is 31.9 Å². The Morgan fingerprint density at radius 3 is 2.48 bits per heavy atom. The van der Waals surface area contributed by atoms with E-state index in [1.54, 1.807) is 7.11 Å². The molecule has 0 aliphatic carbocycles. The van der Waals surface area contributed by atoms with Crippen LogP contribution in [0.4, 0.5) is 0 Å². The predicted octanol–water partition coefficient (Wildman–Crippen LogP) is 2.53. The molecule has 0 spiro atoms. The zero-order valence-electron chi connectivity index (χ0n) is 13.1. The first-order valence-electron chi connectivity index (χ1n) is 7.19. The van der Waals surface area contributed by atoms with E-state index in [-0.39, 0.29) is 12.0 Å². The number of carboxylic acid groups (broad SMARTS) is 1. The first-order chi connectivity index (χ1) is 9.94. The van der Waals surface area contributed by atoms with Crippen molar-refractivity contribution >= 4 is 5.97 Å². The lowest BCUT2D eigenvalue weighted by Crippen LogP contribution is -2.33. The SMILES string of the molecule is CCC(c1ccc(OC)c(CN)c1)C(OC(C)C)C(=O)O. The zero-order valence-corrected chi connectivity index (χ0v) is 13.1. The summed E-state index contributed by atoms with van der Waals surface area (Å²) in [6, 6.07) is 5.62. The van der Waals surface area contributed by atoms with Crippen LogP contribution in [0.5, 0.6) is 5.75 Å². The van der Waals surface area contributed by atoms with Gasteiger partial charge >= 0.3 is 5.97 Å². The first-order valence-corrected chi connectivity index (χ1v) is 7.19. The fourth-order valence-corrected chi connectivity index (χ4v) is 2.43. The lowest BCUT2D eigenvalue weighted by atomic mass is 9.89. The molecule has 3 N–H and O–H groups in total. The Morgan fingerprint density at radius 1 is 1.38 bits per heavy atom. The molecule has 0 aromatic heterocycles. The summed E-state index contributed by atoms with van der Waals surface area (Å²) in [5, 5.41) is 9.44. The van der Waals surface area contributed by atoms with Crippen LogP contribution in [0.3, 0.4) is 0 Å². The number of hydrogen-bond donors (Lipinski definition) is 2. The molecule has 0 radical (unpaired) electrons. The molecule has 1 aromatic carbocycles. The van der Waals surface area contributed by atoms with E-state index in [2.05, 4.69) is 0 Å². The van der Waals surface area contributed by atoms with Gasteiger partial charge in [-0.3, -0.25) is 0 Å². The summed E-state index contributed by atoms with van der Waals surface area (Å²) < 4.78 is 10.8. The molecule has 2 atom stereocenters. The number of ether oxygens (including phenoxy) is 2. The fraction of sp³-hybridized carbons (Fsp3) is 0.562. The van der Waals surface area contributed by atoms with E-state index in [1.807, 2.05) is 39.0 Å². The lowest BCUT2D eigenvalue weighted by Gasteiger charge is -2.26. The van der Waals surface area contributed by atoms with E-state index in [4.69, 9.17) is 15.2 Å². The minimum Gasteiger partial charge on any atom is -0.496 e. The van der Waals surface area contributed by atoms with Crippen molar-refractivity contribution in [1.29, 1.82) is 0 Å². The average molecular weight is 295 g/mol. The minimum absolute atomic E-state index is 0.146. The van der Waals surface area contributed by atoms with Crippen LogP contribution in [-0.2, 0) is 16.1 Å². The molecular formula is C16H25NO4. The Balaban J connectivity index is 3.15. The van der Waals surface area contributed by atoms with E-state index in [0.717, 1.165) is 11.1 Å². The van der Waals surface area contributed by atoms with Crippen molar-refractivity contribution < 1.29 is 19.4 Å². The lowest BCUT2D eigenvalue weighted by molar-refractivity contribution is -0.155. The summed E-state index contributed by atoms with van der Waals surface area (Å²) in [5.74, 6) is -0.450. The van der Waals surface area contributed by atoms with Crippen molar-refractivity contribution in [2.75, 3.05) is 7.11 Å². The molecule has 5 nitrogen and oxygen atoms in total. The van der Waals surface area contributed by atoms with Gasteiger partial charge in [-0.25, -0.2) is 4.79 Å². The van der Waals surface area contributed by atoms with Crippen LogP contribution in [0.1, 0.15) is 44.2 Å². The predicted molar refractivity (Wildman–Crippen MR) is 81.6 cm³/mol. The smallest absolute Gasteiger partial charge is 0.333 e. The molecule has 5 heteroatoms. The molecule has 1 rings (SSSR count). The highest BCUT2D eigenvalue weighted by molar-refractivity contribution is 5.74. The zero-order chi connectivity index (χ0) is 16.0. The van der Waals surface area contributed by atoms with E-state index >= 15 is 0 Å². The third-order valence-electron chi connectivity index (χ3n) is 3.42. The molecule has 21 heavy (non-hydrogen) atoms. The van der Waals surface area contributed by atoms with E-state index in [9.17, 15) is 9.90 Å². The highest BCUT2D eigenvalue weighted by Crippen LogP contribution is 2.30. The summed E-state index contributed by atoms with van der Waals surface area (Å²) in [6.45, 7) is 5.97. The van der Waals surface area contributed by atoms with Crippen LogP contribution in [0, 0.1) is 0 Å². The molecular weight excluding hydrogens is 270 g/mol. The molecule has 2 unspecified atom stereocenters. The Bertz CT molecular complexity index is 473. The van der Waals surface area contributed by atoms with Crippen molar-refractivity contribution in [2.24, 2.45) is 5.73 Å². The second-order valence-electron chi connectivity index (χ2n) is 5.23. The van der Waals surface area contributed by atoms with Crippen molar-refractivity contribution in [1.82, 2.24) is 0 Å². The Morgan fingerprint density at radius 2 is 2.05 bits per heavy atom. The molecule has 0 saturated heterocycles. The van der Waals surface area contributed by atoms with Gasteiger partial charge in [-0.15, -0.1) is 0 Å². The van der Waals surface area contributed by atoms with E-state index in [0.29, 0.717) is 18.7 Å². The average Bonchev–Trinajstić information content (AvgIpc) is 2.46. The summed E-state index contributed by atoms with van der Waals surface area (Å²) in [7, 11) is 1.59. The Kier molecular flexibility index (Phi) is 6.65. The third-order valence-corrected chi connectivity index (χ3v) is 3.42. The summed E-state index contributed by atoms with van der Waals surface area (Å²) in [5.41, 5.74) is 7.50. The summed E-state index contributed by atoms with van der Waals surface area (Å²) in [4.78, 5) is 11.5. The molecule has 0 aliphatic rings. The molecule has 1 aromatic rings. The second-order valence-corrected chi connectivity index (χ2v) is 5.23. The van der Waals surface area contributed by atoms with Gasteiger partial charge in [0.1, 0.15) is 5.75 Å². The molecule has 0 bridgehead atoms. The van der Waals surface area contributed by atoms with Gasteiger partial charge in [0, 0.05) is 18.0 Å². The van der Waals surface area contributed by atoms with E-state index < -0.39 is 12.1 Å². The molecule has 0 amide bonds. The normalized spacial score (nSPS) is 14.0. The number of methoxy groups -OCH3 is 1. The van der Waals surface area contributed by atoms with Crippen molar-refractivity contribution in [3.05, 3.63) is 29.3 Å². The number of carbonyl (C=O) groups is 1. The molecule has 0 fully saturated rings. The molecule has 118 valence electrons. The Hall–Kier alpha value is -1.59. The summed E-state index contributed by atoms with van der Waals surface area (Å²) in [6.07, 6.45) is -0.346. The number of rotatable bonds is 8. The van der Waals surface area contributed by atoms with Crippen LogP contribution in [0.2, 0.25) is 0 Å². The third kappa shape index (κ3) is 4.44. The van der Waals surface area contributed by atoms with Gasteiger partial charge in [0.2, 0.25) is 0 Å². The van der Waals surface area contributed by atoms with Gasteiger partial charge in [-0.1, -0.05) is 19.1 Å². The fourth-order valence-electron chi connectivity index (χ4n) is 2.43. The minimum atomic E-state index is -0.944. The second kappa shape index (κ2) is 8.00. The van der Waals surface area contributed by atoms with Crippen molar-refractivity contribution in [3.8, 4) is 5.75 Å². The highest BCUT2D eigenvalue weighted by atomic mass is 16.5. The quantitative estimate of drug-likeness (QED) is 0.770. The topological polar surface area (TPSA) is 81.8 Å². The maximum atomic E-state index is 11.5. The van der Waals surface area contributed by atoms with Crippen LogP contribution < -0.4 is 10.5 Å². The Labute approximate surface area is 126 Å². The number of benzene rings is 1. The van der Waals surface area contributed by atoms with Crippen molar-refractivity contribution in [3.63, 3.8) is 0 Å². The molecule has 0 saturated carbocycles. The molecule has 0 aliphatic heterocycles. The van der Waals surface area contributed by atoms with E-state index in [1.165, 1.54) is 0 Å². The first kappa shape index (κ1) is 17.5. The van der Waals surface area contributed by atoms with Gasteiger partial charge in [0.15, 0.2) is 6.10 Å². The number of nitrogens with two attached hydrogens (primary N) is 1. The summed E-state index contributed by atoms with van der Waals surface area (Å²) >= 11 is 0. The number of hydrogen-bond acceptors (Lipinski definition) is 4. The standard InChI is InChI=1S/C16H25NO4/c1-5-13(15(16(18)19)21-10(2)3)11-6-7-14(20-4)12(8-11)9-17/h6-8,10,13,15H,5,9,17H2,1-4H3,(H,18,19). The van der Waals surface area contributed by atoms with Gasteiger partial charge in [-0.2, -0.15) is 0 Å². The highest BCUT2D eigenvalue weighted by Gasteiger charge is 2.30. The maximum Gasteiger partial charge on any atom is 0.333 e. The van der Waals surface area contributed by atoms with Crippen LogP contribution >= 0.6 is 0 Å². The largest absolute Gasteiger partial charge is 0.496 e. The van der Waals surface area contributed by atoms with Gasteiger partial charge < -0.3 is 20.3 Å². The van der Waals surface area contributed by atoms with Crippen LogP contribution in [0.25, 0.3) is 0 Å². The number of carboxylic acids is 1. The maximum absolute atomic E-state index is 11.5.